The van der Waals surface area contributed by atoms with Crippen molar-refractivity contribution in [1.29, 1.82) is 0 Å². The monoisotopic (exact) mass is 595 g/mol. The van der Waals surface area contributed by atoms with Crippen molar-refractivity contribution in [3.8, 4) is 0 Å². The van der Waals surface area contributed by atoms with Crippen LogP contribution in [0.4, 0.5) is 21.9 Å². The van der Waals surface area contributed by atoms with Gasteiger partial charge in [-0.1, -0.05) is 30.3 Å². The molecule has 3 aromatic carbocycles. The molecule has 226 valence electrons. The van der Waals surface area contributed by atoms with Crippen molar-refractivity contribution in [3.63, 3.8) is 0 Å². The molecule has 0 saturated carbocycles. The topological polar surface area (TPSA) is 141 Å². The summed E-state index contributed by atoms with van der Waals surface area (Å²) >= 11 is 0. The maximum absolute atomic E-state index is 13.4. The number of likely N-dealkylation sites (N-methyl/N-ethyl adjacent to an activating group) is 1. The van der Waals surface area contributed by atoms with Gasteiger partial charge in [-0.15, -0.1) is 0 Å². The maximum Gasteiger partial charge on any atom is 0.330 e. The number of anilines is 3. The predicted molar refractivity (Wildman–Crippen MR) is 167 cm³/mol. The molecule has 0 radical (unpaired) electrons. The number of benzene rings is 3. The fourth-order valence-corrected chi connectivity index (χ4v) is 5.12. The van der Waals surface area contributed by atoms with E-state index in [9.17, 15) is 24.0 Å². The number of hydrogen-bond acceptors (Lipinski definition) is 6. The molecule has 0 aliphatic carbocycles. The molecule has 0 unspecified atom stereocenters. The number of aromatic nitrogens is 1. The molecule has 0 bridgehead atoms. The van der Waals surface area contributed by atoms with E-state index in [4.69, 9.17) is 5.11 Å². The summed E-state index contributed by atoms with van der Waals surface area (Å²) in [5.41, 5.74) is 2.29. The van der Waals surface area contributed by atoms with Crippen LogP contribution < -0.4 is 15.5 Å². The van der Waals surface area contributed by atoms with E-state index in [2.05, 4.69) is 10.6 Å². The highest BCUT2D eigenvalue weighted by atomic mass is 16.4. The summed E-state index contributed by atoms with van der Waals surface area (Å²) in [6, 6.07) is 21.2. The van der Waals surface area contributed by atoms with Gasteiger partial charge >= 0.3 is 12.0 Å². The fourth-order valence-electron chi connectivity index (χ4n) is 5.12. The minimum atomic E-state index is -1.07. The Kier molecular flexibility index (Phi) is 8.21. The number of amides is 3. The van der Waals surface area contributed by atoms with Crippen molar-refractivity contribution in [2.75, 3.05) is 35.7 Å². The molecule has 0 atom stereocenters. The molecule has 0 saturated heterocycles. The number of carbonyl (C=O) groups is 5. The van der Waals surface area contributed by atoms with Gasteiger partial charge in [-0.3, -0.25) is 23.7 Å². The Labute approximate surface area is 254 Å². The van der Waals surface area contributed by atoms with Gasteiger partial charge in [-0.05, 0) is 61.9 Å². The Morgan fingerprint density at radius 3 is 2.36 bits per heavy atom. The van der Waals surface area contributed by atoms with Crippen LogP contribution in [0.1, 0.15) is 36.2 Å². The van der Waals surface area contributed by atoms with E-state index in [0.29, 0.717) is 17.1 Å². The van der Waals surface area contributed by atoms with E-state index in [1.54, 1.807) is 74.1 Å². The number of nitrogens with one attached hydrogen (secondary N) is 2. The highest BCUT2D eigenvalue weighted by molar-refractivity contribution is 6.10. The van der Waals surface area contributed by atoms with Gasteiger partial charge in [0.25, 0.3) is 5.91 Å². The van der Waals surface area contributed by atoms with E-state index < -0.39 is 17.4 Å². The molecule has 11 heteroatoms. The normalized spacial score (nSPS) is 13.4. The number of ketones is 1. The number of hydrogen-bond donors (Lipinski definition) is 3. The van der Waals surface area contributed by atoms with Gasteiger partial charge in [-0.25, -0.2) is 4.79 Å². The van der Waals surface area contributed by atoms with Crippen LogP contribution in [0.3, 0.4) is 0 Å². The zero-order valence-corrected chi connectivity index (χ0v) is 24.7. The molecule has 11 nitrogen and oxygen atoms in total. The van der Waals surface area contributed by atoms with Crippen molar-refractivity contribution >= 4 is 57.6 Å². The van der Waals surface area contributed by atoms with Crippen molar-refractivity contribution in [2.24, 2.45) is 0 Å². The molecule has 44 heavy (non-hydrogen) atoms. The standard InChI is InChI=1S/C33H33N5O6/c1-33(2,35-24-12-13-27-25(19-24)31(43)37(16-15-30(41)42)20-29(40)36(27)3)28(39)18-21-8-10-23(11-9-21)34-32(44)38-17-14-22-6-4-5-7-26(22)38/h4-14,17,19,35H,15-16,18,20H2,1-3H3,(H,34,44)(H,41,42). The van der Waals surface area contributed by atoms with Gasteiger partial charge in [-0.2, -0.15) is 0 Å². The van der Waals surface area contributed by atoms with Crippen LogP contribution in [0.25, 0.3) is 10.9 Å². The van der Waals surface area contributed by atoms with Crippen LogP contribution in [-0.2, 0) is 20.8 Å². The number of fused-ring (bicyclic) bond motifs is 2. The summed E-state index contributed by atoms with van der Waals surface area (Å²) in [7, 11) is 1.56. The highest BCUT2D eigenvalue weighted by Gasteiger charge is 2.32. The molecule has 2 heterocycles. The predicted octanol–water partition coefficient (Wildman–Crippen LogP) is 4.62. The second kappa shape index (κ2) is 12.0. The number of nitrogens with zero attached hydrogens (tertiary/aromatic N) is 3. The first-order valence-corrected chi connectivity index (χ1v) is 14.1. The average Bonchev–Trinajstić information content (AvgIpc) is 3.40. The van der Waals surface area contributed by atoms with Crippen molar-refractivity contribution in [2.45, 2.75) is 32.2 Å². The summed E-state index contributed by atoms with van der Waals surface area (Å²) in [5.74, 6) is -1.96. The first-order valence-electron chi connectivity index (χ1n) is 14.1. The molecular formula is C33H33N5O6. The number of Topliss-reactive ketones (excluding diaryl/α,β-unsaturated/α-hetero) is 1. The quantitative estimate of drug-likeness (QED) is 0.257. The minimum Gasteiger partial charge on any atom is -0.481 e. The van der Waals surface area contributed by atoms with Crippen LogP contribution in [0.5, 0.6) is 0 Å². The molecule has 0 spiro atoms. The Hall–Kier alpha value is -5.45. The van der Waals surface area contributed by atoms with E-state index in [1.165, 1.54) is 9.80 Å². The first kappa shape index (κ1) is 30.0. The van der Waals surface area contributed by atoms with Crippen molar-refractivity contribution in [3.05, 3.63) is 90.1 Å². The van der Waals surface area contributed by atoms with Gasteiger partial charge in [0, 0.05) is 43.0 Å². The number of para-hydroxylation sites is 1. The lowest BCUT2D eigenvalue weighted by molar-refractivity contribution is -0.137. The second-order valence-electron chi connectivity index (χ2n) is 11.3. The Bertz CT molecular complexity index is 1780. The lowest BCUT2D eigenvalue weighted by atomic mass is 9.93. The average molecular weight is 596 g/mol. The third-order valence-electron chi connectivity index (χ3n) is 7.71. The van der Waals surface area contributed by atoms with E-state index in [1.807, 2.05) is 30.3 Å². The molecular weight excluding hydrogens is 562 g/mol. The number of carboxylic acid groups (broad SMARTS) is 1. The number of carbonyl (C=O) groups excluding carboxylic acids is 4. The van der Waals surface area contributed by atoms with Gasteiger partial charge in [0.15, 0.2) is 5.78 Å². The maximum atomic E-state index is 13.4. The molecule has 3 amide bonds. The summed E-state index contributed by atoms with van der Waals surface area (Å²) in [4.78, 5) is 65.8. The van der Waals surface area contributed by atoms with Crippen LogP contribution in [-0.4, -0.2) is 69.8 Å². The number of carboxylic acids is 1. The van der Waals surface area contributed by atoms with Gasteiger partial charge in [0.05, 0.1) is 28.7 Å². The highest BCUT2D eigenvalue weighted by Crippen LogP contribution is 2.29. The molecule has 4 aromatic rings. The fraction of sp³-hybridized carbons (Fsp3) is 0.242. The third kappa shape index (κ3) is 6.31. The molecule has 1 aliphatic rings. The van der Waals surface area contributed by atoms with E-state index in [0.717, 1.165) is 16.5 Å². The smallest absolute Gasteiger partial charge is 0.330 e. The Balaban J connectivity index is 1.25. The van der Waals surface area contributed by atoms with Gasteiger partial charge < -0.3 is 25.5 Å². The third-order valence-corrected chi connectivity index (χ3v) is 7.71. The van der Waals surface area contributed by atoms with Crippen molar-refractivity contribution in [1.82, 2.24) is 9.47 Å². The van der Waals surface area contributed by atoms with Crippen LogP contribution in [0.2, 0.25) is 0 Å². The zero-order valence-electron chi connectivity index (χ0n) is 24.7. The SMILES string of the molecule is CN1C(=O)CN(CCC(=O)O)C(=O)c2cc(NC(C)(C)C(=O)Cc3ccc(NC(=O)n4ccc5ccccc54)cc3)ccc21. The van der Waals surface area contributed by atoms with Crippen LogP contribution in [0.15, 0.2) is 79.0 Å². The van der Waals surface area contributed by atoms with Gasteiger partial charge in [0.1, 0.15) is 6.54 Å². The Morgan fingerprint density at radius 2 is 1.64 bits per heavy atom. The molecule has 0 fully saturated rings. The number of aliphatic carboxylic acids is 1. The summed E-state index contributed by atoms with van der Waals surface area (Å²) in [5, 5.41) is 16.1. The van der Waals surface area contributed by atoms with Crippen molar-refractivity contribution < 1.29 is 29.1 Å². The van der Waals surface area contributed by atoms with E-state index in [-0.39, 0.29) is 49.2 Å². The lowest BCUT2D eigenvalue weighted by Gasteiger charge is -2.27. The number of rotatable bonds is 9. The van der Waals surface area contributed by atoms with Gasteiger partial charge in [0.2, 0.25) is 5.91 Å². The zero-order chi connectivity index (χ0) is 31.6. The van der Waals surface area contributed by atoms with Crippen LogP contribution in [0, 0.1) is 0 Å². The molecule has 5 rings (SSSR count). The minimum absolute atomic E-state index is 0.0967. The summed E-state index contributed by atoms with van der Waals surface area (Å²) in [6.45, 7) is 3.16. The first-order chi connectivity index (χ1) is 20.9. The summed E-state index contributed by atoms with van der Waals surface area (Å²) < 4.78 is 1.54. The second-order valence-corrected chi connectivity index (χ2v) is 11.3. The molecule has 1 aromatic heterocycles. The molecule has 1 aliphatic heterocycles. The Morgan fingerprint density at radius 1 is 0.932 bits per heavy atom. The summed E-state index contributed by atoms with van der Waals surface area (Å²) in [6.07, 6.45) is 1.56. The largest absolute Gasteiger partial charge is 0.481 e. The van der Waals surface area contributed by atoms with E-state index >= 15 is 0 Å². The lowest BCUT2D eigenvalue weighted by Crippen LogP contribution is -2.41. The molecule has 3 N–H and O–H groups in total. The van der Waals surface area contributed by atoms with Crippen LogP contribution >= 0.6 is 0 Å².